The highest BCUT2D eigenvalue weighted by Gasteiger charge is 2.48. The molecule has 162 valence electrons. The molecule has 3 aromatic heterocycles. The highest BCUT2D eigenvalue weighted by atomic mass is 16.5. The van der Waals surface area contributed by atoms with Crippen molar-refractivity contribution in [2.75, 3.05) is 20.7 Å². The number of benzene rings is 1. The summed E-state index contributed by atoms with van der Waals surface area (Å²) in [6.07, 6.45) is 1.81. The van der Waals surface area contributed by atoms with E-state index >= 15 is 0 Å². The van der Waals surface area contributed by atoms with Gasteiger partial charge in [0.25, 0.3) is 5.91 Å². The molecule has 1 saturated heterocycles. The van der Waals surface area contributed by atoms with Crippen LogP contribution in [0.4, 0.5) is 0 Å². The first-order valence-electron chi connectivity index (χ1n) is 9.90. The topological polar surface area (TPSA) is 124 Å². The minimum atomic E-state index is -1.72. The Morgan fingerprint density at radius 2 is 2.06 bits per heavy atom. The molecule has 10 heteroatoms. The fraction of sp³-hybridized carbons (Fsp3) is 0.227. The van der Waals surface area contributed by atoms with Crippen molar-refractivity contribution in [1.29, 1.82) is 0 Å². The summed E-state index contributed by atoms with van der Waals surface area (Å²) in [5, 5.41) is 19.9. The number of hydrogen-bond acceptors (Lipinski definition) is 8. The summed E-state index contributed by atoms with van der Waals surface area (Å²) >= 11 is 0. The van der Waals surface area contributed by atoms with Crippen LogP contribution in [-0.2, 0) is 15.1 Å². The summed E-state index contributed by atoms with van der Waals surface area (Å²) in [6.45, 7) is 0.430. The molecule has 1 aliphatic heterocycles. The van der Waals surface area contributed by atoms with Crippen molar-refractivity contribution in [3.8, 4) is 17.1 Å². The number of para-hydroxylation sites is 1. The van der Waals surface area contributed by atoms with Gasteiger partial charge in [-0.25, -0.2) is 14.5 Å². The number of nitrogens with zero attached hydrogens (tertiary/aromatic N) is 5. The number of likely N-dealkylation sites (N-methyl/N-ethyl adjacent to an activating group) is 1. The first-order valence-corrected chi connectivity index (χ1v) is 9.90. The monoisotopic (exact) mass is 433 g/mol. The lowest BCUT2D eigenvalue weighted by Crippen LogP contribution is -2.35. The van der Waals surface area contributed by atoms with E-state index in [4.69, 9.17) is 9.26 Å². The number of aromatic nitrogens is 4. The molecule has 1 aromatic carbocycles. The molecule has 32 heavy (non-hydrogen) atoms. The summed E-state index contributed by atoms with van der Waals surface area (Å²) in [5.74, 6) is -0.419. The second-order valence-corrected chi connectivity index (χ2v) is 7.59. The fourth-order valence-corrected chi connectivity index (χ4v) is 3.87. The molecule has 1 fully saturated rings. The Balaban J connectivity index is 1.56. The number of fused-ring (bicyclic) bond motifs is 1. The van der Waals surface area contributed by atoms with E-state index in [1.165, 1.54) is 12.0 Å². The molecule has 0 aliphatic carbocycles. The smallest absolute Gasteiger partial charge is 0.359 e. The van der Waals surface area contributed by atoms with Crippen LogP contribution in [0.15, 0.2) is 53.2 Å². The molecule has 0 unspecified atom stereocenters. The van der Waals surface area contributed by atoms with E-state index in [0.717, 1.165) is 0 Å². The molecule has 1 aliphatic rings. The van der Waals surface area contributed by atoms with Crippen molar-refractivity contribution in [3.05, 3.63) is 60.1 Å². The quantitative estimate of drug-likeness (QED) is 0.484. The summed E-state index contributed by atoms with van der Waals surface area (Å²) in [5.41, 5.74) is 0.233. The molecule has 1 N–H and O–H groups in total. The second-order valence-electron chi connectivity index (χ2n) is 7.59. The molecule has 1 amide bonds. The number of likely N-dealkylation sites (tertiary alicyclic amines) is 1. The Labute approximate surface area is 182 Å². The summed E-state index contributed by atoms with van der Waals surface area (Å²) in [6, 6.07) is 12.3. The maximum Gasteiger partial charge on any atom is 0.359 e. The third-order valence-corrected chi connectivity index (χ3v) is 5.65. The van der Waals surface area contributed by atoms with Crippen molar-refractivity contribution in [2.24, 2.45) is 0 Å². The summed E-state index contributed by atoms with van der Waals surface area (Å²) in [4.78, 5) is 30.4. The Morgan fingerprint density at radius 1 is 1.25 bits per heavy atom. The van der Waals surface area contributed by atoms with Crippen LogP contribution in [0.5, 0.6) is 0 Å². The molecule has 10 nitrogen and oxygen atoms in total. The molecule has 0 radical (unpaired) electrons. The first kappa shape index (κ1) is 19.9. The van der Waals surface area contributed by atoms with Crippen LogP contribution in [0.1, 0.15) is 22.7 Å². The molecule has 0 spiro atoms. The number of methoxy groups -OCH3 is 1. The Kier molecular flexibility index (Phi) is 4.52. The van der Waals surface area contributed by atoms with E-state index in [1.54, 1.807) is 42.2 Å². The predicted octanol–water partition coefficient (Wildman–Crippen LogP) is 1.91. The van der Waals surface area contributed by atoms with Gasteiger partial charge in [-0.2, -0.15) is 5.10 Å². The van der Waals surface area contributed by atoms with Gasteiger partial charge in [-0.15, -0.1) is 0 Å². The van der Waals surface area contributed by atoms with Crippen molar-refractivity contribution in [3.63, 3.8) is 0 Å². The van der Waals surface area contributed by atoms with Gasteiger partial charge in [0.2, 0.25) is 5.60 Å². The van der Waals surface area contributed by atoms with E-state index in [1.807, 2.05) is 18.2 Å². The van der Waals surface area contributed by atoms with Gasteiger partial charge in [0.1, 0.15) is 5.69 Å². The van der Waals surface area contributed by atoms with Crippen LogP contribution >= 0.6 is 0 Å². The van der Waals surface area contributed by atoms with Gasteiger partial charge in [0, 0.05) is 43.2 Å². The van der Waals surface area contributed by atoms with Gasteiger partial charge in [0.05, 0.1) is 12.6 Å². The van der Waals surface area contributed by atoms with Crippen molar-refractivity contribution < 1.29 is 24.0 Å². The molecule has 1 atom stereocenters. The maximum atomic E-state index is 12.3. The largest absolute Gasteiger partial charge is 0.464 e. The van der Waals surface area contributed by atoms with E-state index in [2.05, 4.69) is 15.2 Å². The Bertz CT molecular complexity index is 1360. The number of pyridine rings is 1. The minimum Gasteiger partial charge on any atom is -0.464 e. The molecular formula is C22H19N5O5. The molecule has 5 rings (SSSR count). The molecule has 0 bridgehead atoms. The number of aliphatic hydroxyl groups is 1. The van der Waals surface area contributed by atoms with E-state index in [9.17, 15) is 14.7 Å². The highest BCUT2D eigenvalue weighted by Crippen LogP contribution is 2.35. The van der Waals surface area contributed by atoms with Gasteiger partial charge in [-0.1, -0.05) is 23.4 Å². The third-order valence-electron chi connectivity index (χ3n) is 5.65. The van der Waals surface area contributed by atoms with E-state index < -0.39 is 17.5 Å². The van der Waals surface area contributed by atoms with Gasteiger partial charge in [-0.3, -0.25) is 4.79 Å². The van der Waals surface area contributed by atoms with Crippen molar-refractivity contribution in [2.45, 2.75) is 12.0 Å². The summed E-state index contributed by atoms with van der Waals surface area (Å²) in [7, 11) is 2.93. The second kappa shape index (κ2) is 7.27. The number of amides is 1. The lowest BCUT2D eigenvalue weighted by Gasteiger charge is -2.16. The van der Waals surface area contributed by atoms with Crippen LogP contribution in [0.3, 0.4) is 0 Å². The van der Waals surface area contributed by atoms with Crippen LogP contribution in [0.25, 0.3) is 28.0 Å². The highest BCUT2D eigenvalue weighted by molar-refractivity contribution is 6.02. The maximum absolute atomic E-state index is 12.3. The lowest BCUT2D eigenvalue weighted by atomic mass is 9.98. The van der Waals surface area contributed by atoms with Gasteiger partial charge >= 0.3 is 5.97 Å². The van der Waals surface area contributed by atoms with Crippen molar-refractivity contribution >= 4 is 22.8 Å². The molecule has 4 heterocycles. The number of carbonyl (C=O) groups is 2. The average molecular weight is 433 g/mol. The third kappa shape index (κ3) is 2.95. The standard InChI is InChI=1S/C22H19N5O5/c1-26-10-8-22(30,21(26)29)17-12-15(25-32-17)13-7-9-23-18(11-13)27-16-6-4-3-5-14(16)19(24-27)20(28)31-2/h3-7,9,11-12,30H,8,10H2,1-2H3/t22-/m1/s1. The van der Waals surface area contributed by atoms with E-state index in [0.29, 0.717) is 34.5 Å². The number of esters is 1. The zero-order chi connectivity index (χ0) is 22.5. The first-order chi connectivity index (χ1) is 15.4. The number of ether oxygens (including phenoxy) is 1. The van der Waals surface area contributed by atoms with Gasteiger partial charge < -0.3 is 19.3 Å². The SMILES string of the molecule is COC(=O)c1nn(-c2cc(-c3cc([C@]4(O)CCN(C)C4=O)on3)ccn2)c2ccccc12. The normalized spacial score (nSPS) is 18.5. The molecule has 0 saturated carbocycles. The summed E-state index contributed by atoms with van der Waals surface area (Å²) < 4.78 is 11.7. The fourth-order valence-electron chi connectivity index (χ4n) is 3.87. The van der Waals surface area contributed by atoms with Crippen LogP contribution < -0.4 is 0 Å². The van der Waals surface area contributed by atoms with Crippen molar-refractivity contribution in [1.82, 2.24) is 24.8 Å². The minimum absolute atomic E-state index is 0.0951. The Morgan fingerprint density at radius 3 is 2.81 bits per heavy atom. The average Bonchev–Trinajstić information content (AvgIpc) is 3.53. The predicted molar refractivity (Wildman–Crippen MR) is 112 cm³/mol. The number of carbonyl (C=O) groups excluding carboxylic acids is 2. The van der Waals surface area contributed by atoms with Crippen LogP contribution in [0.2, 0.25) is 0 Å². The van der Waals surface area contributed by atoms with Crippen LogP contribution in [-0.4, -0.2) is 62.5 Å². The molecular weight excluding hydrogens is 414 g/mol. The zero-order valence-corrected chi connectivity index (χ0v) is 17.3. The van der Waals surface area contributed by atoms with Gasteiger partial charge in [-0.05, 0) is 18.2 Å². The molecule has 4 aromatic rings. The number of rotatable bonds is 4. The Hall–Kier alpha value is -4.05. The van der Waals surface area contributed by atoms with Crippen LogP contribution in [0, 0.1) is 0 Å². The van der Waals surface area contributed by atoms with Gasteiger partial charge in [0.15, 0.2) is 17.3 Å². The number of hydrogen-bond donors (Lipinski definition) is 1. The zero-order valence-electron chi connectivity index (χ0n) is 17.3. The lowest BCUT2D eigenvalue weighted by molar-refractivity contribution is -0.144. The van der Waals surface area contributed by atoms with E-state index in [-0.39, 0.29) is 17.9 Å².